The molecule has 0 saturated heterocycles. The lowest BCUT2D eigenvalue weighted by atomic mass is 10.0. The Morgan fingerprint density at radius 2 is 1.89 bits per heavy atom. The van der Waals surface area contributed by atoms with Crippen molar-refractivity contribution in [3.8, 4) is 11.1 Å². The van der Waals surface area contributed by atoms with Gasteiger partial charge < -0.3 is 15.5 Å². The van der Waals surface area contributed by atoms with Gasteiger partial charge >= 0.3 is 0 Å². The molecule has 0 radical (unpaired) electrons. The van der Waals surface area contributed by atoms with Gasteiger partial charge in [0.05, 0.1) is 11.9 Å². The van der Waals surface area contributed by atoms with Gasteiger partial charge in [0, 0.05) is 18.0 Å². The Morgan fingerprint density at radius 1 is 1.18 bits per heavy atom. The molecule has 6 nitrogen and oxygen atoms in total. The molecule has 0 aliphatic carbocycles. The molecule has 3 rings (SSSR count). The van der Waals surface area contributed by atoms with Gasteiger partial charge in [-0.1, -0.05) is 44.2 Å². The van der Waals surface area contributed by atoms with E-state index >= 15 is 0 Å². The second-order valence-electron chi connectivity index (χ2n) is 7.40. The average Bonchev–Trinajstić information content (AvgIpc) is 3.09. The Balaban J connectivity index is 2.16. The summed E-state index contributed by atoms with van der Waals surface area (Å²) in [5.74, 6) is 1.51. The van der Waals surface area contributed by atoms with E-state index < -0.39 is 0 Å². The zero-order valence-corrected chi connectivity index (χ0v) is 17.8. The van der Waals surface area contributed by atoms with Gasteiger partial charge in [0.25, 0.3) is 0 Å². The molecule has 28 heavy (non-hydrogen) atoms. The van der Waals surface area contributed by atoms with Crippen molar-refractivity contribution in [2.75, 3.05) is 26.5 Å². The van der Waals surface area contributed by atoms with Gasteiger partial charge in [-0.15, -0.1) is 11.3 Å². The molecule has 1 unspecified atom stereocenters. The number of amides is 1. The zero-order valence-electron chi connectivity index (χ0n) is 17.0. The molecule has 0 aliphatic heterocycles. The first-order chi connectivity index (χ1) is 13.4. The lowest BCUT2D eigenvalue weighted by Crippen LogP contribution is -2.41. The number of carbonyl (C=O) groups is 1. The lowest BCUT2D eigenvalue weighted by molar-refractivity contribution is -0.122. The first-order valence-corrected chi connectivity index (χ1v) is 10.2. The van der Waals surface area contributed by atoms with Crippen LogP contribution in [0.1, 0.15) is 19.7 Å². The van der Waals surface area contributed by atoms with Gasteiger partial charge in [-0.3, -0.25) is 4.79 Å². The van der Waals surface area contributed by atoms with E-state index in [9.17, 15) is 4.79 Å². The van der Waals surface area contributed by atoms with Gasteiger partial charge in [-0.2, -0.15) is 0 Å². The molecule has 148 valence electrons. The van der Waals surface area contributed by atoms with E-state index in [4.69, 9.17) is 9.97 Å². The quantitative estimate of drug-likeness (QED) is 0.637. The summed E-state index contributed by atoms with van der Waals surface area (Å²) in [7, 11) is 5.64. The van der Waals surface area contributed by atoms with Crippen LogP contribution in [0.3, 0.4) is 0 Å². The van der Waals surface area contributed by atoms with Crippen molar-refractivity contribution >= 4 is 33.3 Å². The number of rotatable bonds is 7. The van der Waals surface area contributed by atoms with E-state index in [1.807, 2.05) is 51.0 Å². The second-order valence-corrected chi connectivity index (χ2v) is 8.26. The summed E-state index contributed by atoms with van der Waals surface area (Å²) in [4.78, 5) is 25.0. The van der Waals surface area contributed by atoms with E-state index in [-0.39, 0.29) is 17.9 Å². The Morgan fingerprint density at radius 3 is 2.50 bits per heavy atom. The van der Waals surface area contributed by atoms with Crippen LogP contribution >= 0.6 is 11.3 Å². The maximum atomic E-state index is 12.4. The summed E-state index contributed by atoms with van der Waals surface area (Å²) in [6, 6.07) is 9.83. The minimum Gasteiger partial charge on any atom is -0.358 e. The van der Waals surface area contributed by atoms with Gasteiger partial charge in [0.1, 0.15) is 22.5 Å². The van der Waals surface area contributed by atoms with Crippen molar-refractivity contribution in [1.82, 2.24) is 20.2 Å². The maximum absolute atomic E-state index is 12.4. The number of hydrogen-bond donors (Lipinski definition) is 2. The molecule has 0 spiro atoms. The number of aromatic nitrogens is 2. The molecular weight excluding hydrogens is 370 g/mol. The summed E-state index contributed by atoms with van der Waals surface area (Å²) >= 11 is 1.60. The van der Waals surface area contributed by atoms with E-state index in [2.05, 4.69) is 28.1 Å². The Bertz CT molecular complexity index is 952. The number of benzene rings is 1. The summed E-state index contributed by atoms with van der Waals surface area (Å²) in [5.41, 5.74) is 2.20. The van der Waals surface area contributed by atoms with E-state index in [0.717, 1.165) is 27.2 Å². The van der Waals surface area contributed by atoms with Crippen LogP contribution < -0.4 is 10.6 Å². The van der Waals surface area contributed by atoms with Crippen LogP contribution in [0.15, 0.2) is 35.7 Å². The Hall–Kier alpha value is -2.51. The van der Waals surface area contributed by atoms with Crippen molar-refractivity contribution in [2.24, 2.45) is 5.92 Å². The predicted octanol–water partition coefficient (Wildman–Crippen LogP) is 3.60. The van der Waals surface area contributed by atoms with Crippen molar-refractivity contribution < 1.29 is 4.79 Å². The number of anilines is 1. The number of nitrogens with zero attached hydrogens (tertiary/aromatic N) is 3. The fraction of sp³-hybridized carbons (Fsp3) is 0.381. The van der Waals surface area contributed by atoms with Gasteiger partial charge in [0.2, 0.25) is 5.91 Å². The fourth-order valence-corrected chi connectivity index (χ4v) is 4.08. The predicted molar refractivity (Wildman–Crippen MR) is 117 cm³/mol. The monoisotopic (exact) mass is 397 g/mol. The molecule has 0 bridgehead atoms. The van der Waals surface area contributed by atoms with E-state index in [0.29, 0.717) is 12.4 Å². The third-order valence-corrected chi connectivity index (χ3v) is 5.38. The SMILES string of the molecule is CNC(=O)C(Nc1nc(CN(C)C)nc2scc(-c3ccccc3)c12)C(C)C. The minimum absolute atomic E-state index is 0.0487. The highest BCUT2D eigenvalue weighted by atomic mass is 32.1. The largest absolute Gasteiger partial charge is 0.358 e. The summed E-state index contributed by atoms with van der Waals surface area (Å²) in [6.07, 6.45) is 0. The second kappa shape index (κ2) is 8.67. The zero-order chi connectivity index (χ0) is 20.3. The molecule has 7 heteroatoms. The van der Waals surface area contributed by atoms with E-state index in [1.165, 1.54) is 0 Å². The van der Waals surface area contributed by atoms with Gasteiger partial charge in [-0.25, -0.2) is 9.97 Å². The number of fused-ring (bicyclic) bond motifs is 1. The Kier molecular flexibility index (Phi) is 6.26. The summed E-state index contributed by atoms with van der Waals surface area (Å²) in [5, 5.41) is 9.24. The molecule has 3 aromatic rings. The highest BCUT2D eigenvalue weighted by Crippen LogP contribution is 2.37. The maximum Gasteiger partial charge on any atom is 0.242 e. The fourth-order valence-electron chi connectivity index (χ4n) is 3.11. The molecule has 0 aliphatic rings. The van der Waals surface area contributed by atoms with Crippen molar-refractivity contribution in [3.63, 3.8) is 0 Å². The summed E-state index contributed by atoms with van der Waals surface area (Å²) in [6.45, 7) is 4.69. The molecular formula is C21H27N5OS. The van der Waals surface area contributed by atoms with Crippen LogP contribution in [0.5, 0.6) is 0 Å². The molecule has 2 heterocycles. The molecule has 2 N–H and O–H groups in total. The lowest BCUT2D eigenvalue weighted by Gasteiger charge is -2.22. The normalized spacial score (nSPS) is 12.5. The van der Waals surface area contributed by atoms with Crippen LogP contribution in [0.2, 0.25) is 0 Å². The smallest absolute Gasteiger partial charge is 0.242 e. The number of hydrogen-bond acceptors (Lipinski definition) is 6. The highest BCUT2D eigenvalue weighted by molar-refractivity contribution is 7.17. The standard InChI is InChI=1S/C21H27N5OS/c1-13(2)18(20(27)22-3)25-19-17-15(14-9-7-6-8-10-14)12-28-21(17)24-16(23-19)11-26(4)5/h6-10,12-13,18H,11H2,1-5H3,(H,22,27)(H,23,24,25). The number of likely N-dealkylation sites (N-methyl/N-ethyl adjacent to an activating group) is 1. The van der Waals surface area contributed by atoms with Crippen LogP contribution in [-0.2, 0) is 11.3 Å². The average molecular weight is 398 g/mol. The van der Waals surface area contributed by atoms with Crippen LogP contribution in [0, 0.1) is 5.92 Å². The molecule has 1 aromatic carbocycles. The molecule has 1 amide bonds. The Labute approximate surface area is 170 Å². The third kappa shape index (κ3) is 4.31. The molecule has 2 aromatic heterocycles. The first kappa shape index (κ1) is 20.2. The van der Waals surface area contributed by atoms with E-state index in [1.54, 1.807) is 18.4 Å². The third-order valence-electron chi connectivity index (χ3n) is 4.51. The highest BCUT2D eigenvalue weighted by Gasteiger charge is 2.24. The van der Waals surface area contributed by atoms with Crippen LogP contribution in [0.25, 0.3) is 21.3 Å². The number of carbonyl (C=O) groups excluding carboxylic acids is 1. The van der Waals surface area contributed by atoms with Gasteiger partial charge in [-0.05, 0) is 25.6 Å². The van der Waals surface area contributed by atoms with Crippen LogP contribution in [-0.4, -0.2) is 48.0 Å². The van der Waals surface area contributed by atoms with Crippen molar-refractivity contribution in [1.29, 1.82) is 0 Å². The number of thiophene rings is 1. The first-order valence-electron chi connectivity index (χ1n) is 9.37. The molecule has 0 fully saturated rings. The molecule has 0 saturated carbocycles. The van der Waals surface area contributed by atoms with Gasteiger partial charge in [0.15, 0.2) is 0 Å². The minimum atomic E-state index is -0.376. The number of nitrogens with one attached hydrogen (secondary N) is 2. The molecule has 1 atom stereocenters. The topological polar surface area (TPSA) is 70.2 Å². The summed E-state index contributed by atoms with van der Waals surface area (Å²) < 4.78 is 0. The van der Waals surface area contributed by atoms with Crippen LogP contribution in [0.4, 0.5) is 5.82 Å². The van der Waals surface area contributed by atoms with Crippen molar-refractivity contribution in [2.45, 2.75) is 26.4 Å². The van der Waals surface area contributed by atoms with Crippen molar-refractivity contribution in [3.05, 3.63) is 41.5 Å².